The Kier molecular flexibility index (Phi) is 5.26. The molecule has 0 aliphatic carbocycles. The van der Waals surface area contributed by atoms with Crippen LogP contribution in [-0.4, -0.2) is 5.12 Å². The predicted molar refractivity (Wildman–Crippen MR) is 81.9 cm³/mol. The van der Waals surface area contributed by atoms with E-state index in [0.717, 1.165) is 11.3 Å². The molecule has 0 saturated carbocycles. The number of thioether (sulfide) groups is 1. The van der Waals surface area contributed by atoms with Crippen molar-refractivity contribution in [2.45, 2.75) is 5.75 Å². The minimum absolute atomic E-state index is 0.0484. The molecular weight excluding hydrogens is 254 g/mol. The standard InChI is InChI=1S/C16H15NOS/c18-16(19-13-14-7-3-1-4-8-14)11-12-17-15-9-5-2-6-10-15/h1-12,17H,13H2. The van der Waals surface area contributed by atoms with Crippen LogP contribution in [0.4, 0.5) is 5.69 Å². The molecular formula is C16H15NOS. The monoisotopic (exact) mass is 269 g/mol. The number of benzene rings is 2. The van der Waals surface area contributed by atoms with Gasteiger partial charge in [-0.05, 0) is 17.7 Å². The van der Waals surface area contributed by atoms with Crippen LogP contribution >= 0.6 is 11.8 Å². The van der Waals surface area contributed by atoms with E-state index in [1.165, 1.54) is 11.8 Å². The molecule has 96 valence electrons. The highest BCUT2D eigenvalue weighted by Crippen LogP contribution is 2.13. The molecule has 2 nitrogen and oxygen atoms in total. The van der Waals surface area contributed by atoms with Crippen molar-refractivity contribution in [3.8, 4) is 0 Å². The first-order valence-corrected chi connectivity index (χ1v) is 7.02. The van der Waals surface area contributed by atoms with E-state index >= 15 is 0 Å². The third-order valence-electron chi connectivity index (χ3n) is 2.47. The molecule has 0 spiro atoms. The topological polar surface area (TPSA) is 29.1 Å². The van der Waals surface area contributed by atoms with Crippen molar-refractivity contribution in [3.05, 3.63) is 78.5 Å². The van der Waals surface area contributed by atoms with E-state index < -0.39 is 0 Å². The molecule has 0 saturated heterocycles. The summed E-state index contributed by atoms with van der Waals surface area (Å²) in [7, 11) is 0. The summed E-state index contributed by atoms with van der Waals surface area (Å²) in [6.45, 7) is 0. The predicted octanol–water partition coefficient (Wildman–Crippen LogP) is 4.07. The number of carbonyl (C=O) groups excluding carboxylic acids is 1. The van der Waals surface area contributed by atoms with Crippen LogP contribution in [0, 0.1) is 0 Å². The molecule has 2 aromatic rings. The first-order chi connectivity index (χ1) is 9.34. The molecule has 0 radical (unpaired) electrons. The average molecular weight is 269 g/mol. The zero-order valence-electron chi connectivity index (χ0n) is 10.5. The lowest BCUT2D eigenvalue weighted by molar-refractivity contribution is -0.107. The third-order valence-corrected chi connectivity index (χ3v) is 3.37. The van der Waals surface area contributed by atoms with Gasteiger partial charge < -0.3 is 5.32 Å². The molecule has 2 aromatic carbocycles. The lowest BCUT2D eigenvalue weighted by atomic mass is 10.2. The molecule has 0 fully saturated rings. The molecule has 0 bridgehead atoms. The summed E-state index contributed by atoms with van der Waals surface area (Å²) in [5.41, 5.74) is 2.13. The lowest BCUT2D eigenvalue weighted by Crippen LogP contribution is -1.91. The quantitative estimate of drug-likeness (QED) is 0.829. The maximum atomic E-state index is 11.6. The van der Waals surface area contributed by atoms with Crippen molar-refractivity contribution >= 4 is 22.6 Å². The van der Waals surface area contributed by atoms with Crippen LogP contribution in [0.2, 0.25) is 0 Å². The Balaban J connectivity index is 1.75. The van der Waals surface area contributed by atoms with Crippen molar-refractivity contribution < 1.29 is 4.79 Å². The fourth-order valence-corrected chi connectivity index (χ4v) is 2.18. The van der Waals surface area contributed by atoms with Gasteiger partial charge in [0.1, 0.15) is 0 Å². The van der Waals surface area contributed by atoms with Gasteiger partial charge in [-0.15, -0.1) is 0 Å². The molecule has 0 unspecified atom stereocenters. The van der Waals surface area contributed by atoms with Gasteiger partial charge >= 0.3 is 0 Å². The molecule has 0 aromatic heterocycles. The van der Waals surface area contributed by atoms with Gasteiger partial charge in [-0.2, -0.15) is 0 Å². The fourth-order valence-electron chi connectivity index (χ4n) is 1.52. The summed E-state index contributed by atoms with van der Waals surface area (Å²) in [6.07, 6.45) is 3.23. The van der Waals surface area contributed by atoms with Gasteiger partial charge in [0.2, 0.25) is 5.12 Å². The maximum absolute atomic E-state index is 11.6. The molecule has 0 atom stereocenters. The molecule has 3 heteroatoms. The summed E-state index contributed by atoms with van der Waals surface area (Å²) in [4.78, 5) is 11.6. The zero-order chi connectivity index (χ0) is 13.3. The summed E-state index contributed by atoms with van der Waals surface area (Å²) >= 11 is 1.30. The van der Waals surface area contributed by atoms with Gasteiger partial charge in [0.25, 0.3) is 0 Å². The smallest absolute Gasteiger partial charge is 0.213 e. The van der Waals surface area contributed by atoms with Crippen LogP contribution in [0.3, 0.4) is 0 Å². The van der Waals surface area contributed by atoms with Crippen molar-refractivity contribution in [3.63, 3.8) is 0 Å². The van der Waals surface area contributed by atoms with Gasteiger partial charge in [-0.25, -0.2) is 0 Å². The molecule has 19 heavy (non-hydrogen) atoms. The molecule has 0 aliphatic rings. The van der Waals surface area contributed by atoms with Crippen molar-refractivity contribution in [1.29, 1.82) is 0 Å². The minimum Gasteiger partial charge on any atom is -0.362 e. The lowest BCUT2D eigenvalue weighted by Gasteiger charge is -1.99. The number of hydrogen-bond donors (Lipinski definition) is 1. The summed E-state index contributed by atoms with van der Waals surface area (Å²) in [6, 6.07) is 19.7. The Morgan fingerprint density at radius 3 is 2.32 bits per heavy atom. The minimum atomic E-state index is 0.0484. The Morgan fingerprint density at radius 1 is 1.00 bits per heavy atom. The number of rotatable bonds is 5. The van der Waals surface area contributed by atoms with Crippen LogP contribution in [0.15, 0.2) is 72.9 Å². The molecule has 0 amide bonds. The number of carbonyl (C=O) groups is 1. The second kappa shape index (κ2) is 7.44. The maximum Gasteiger partial charge on any atom is 0.213 e. The van der Waals surface area contributed by atoms with Crippen LogP contribution in [-0.2, 0) is 10.5 Å². The Labute approximate surface area is 117 Å². The fraction of sp³-hybridized carbons (Fsp3) is 0.0625. The normalized spacial score (nSPS) is 10.5. The van der Waals surface area contributed by atoms with E-state index in [1.807, 2.05) is 60.7 Å². The largest absolute Gasteiger partial charge is 0.362 e. The van der Waals surface area contributed by atoms with Crippen LogP contribution in [0.25, 0.3) is 0 Å². The highest BCUT2D eigenvalue weighted by Gasteiger charge is 1.98. The number of para-hydroxylation sites is 1. The Bertz CT molecular complexity index is 537. The molecule has 0 heterocycles. The van der Waals surface area contributed by atoms with E-state index in [0.29, 0.717) is 5.75 Å². The van der Waals surface area contributed by atoms with E-state index in [2.05, 4.69) is 5.32 Å². The first-order valence-electron chi connectivity index (χ1n) is 6.03. The Hall–Kier alpha value is -2.00. The molecule has 2 rings (SSSR count). The van der Waals surface area contributed by atoms with E-state index in [-0.39, 0.29) is 5.12 Å². The summed E-state index contributed by atoms with van der Waals surface area (Å²) < 4.78 is 0. The SMILES string of the molecule is O=C(C=CNc1ccccc1)SCc1ccccc1. The zero-order valence-corrected chi connectivity index (χ0v) is 11.3. The van der Waals surface area contributed by atoms with Crippen LogP contribution in [0.5, 0.6) is 0 Å². The van der Waals surface area contributed by atoms with Crippen LogP contribution < -0.4 is 5.32 Å². The van der Waals surface area contributed by atoms with E-state index in [4.69, 9.17) is 0 Å². The second-order valence-electron chi connectivity index (χ2n) is 3.94. The molecule has 1 N–H and O–H groups in total. The summed E-state index contributed by atoms with van der Waals surface area (Å²) in [5.74, 6) is 0.704. The van der Waals surface area contributed by atoms with Crippen molar-refractivity contribution in [1.82, 2.24) is 0 Å². The van der Waals surface area contributed by atoms with Gasteiger partial charge in [0.05, 0.1) is 0 Å². The average Bonchev–Trinajstić information content (AvgIpc) is 2.47. The van der Waals surface area contributed by atoms with Gasteiger partial charge in [-0.3, -0.25) is 4.79 Å². The van der Waals surface area contributed by atoms with Crippen molar-refractivity contribution in [2.24, 2.45) is 0 Å². The van der Waals surface area contributed by atoms with Gasteiger partial charge in [0, 0.05) is 23.7 Å². The first kappa shape index (κ1) is 13.4. The van der Waals surface area contributed by atoms with E-state index in [9.17, 15) is 4.79 Å². The van der Waals surface area contributed by atoms with Crippen LogP contribution in [0.1, 0.15) is 5.56 Å². The van der Waals surface area contributed by atoms with Crippen molar-refractivity contribution in [2.75, 3.05) is 5.32 Å². The highest BCUT2D eigenvalue weighted by molar-refractivity contribution is 8.13. The third kappa shape index (κ3) is 5.02. The molecule has 0 aliphatic heterocycles. The van der Waals surface area contributed by atoms with Gasteiger partial charge in [-0.1, -0.05) is 60.3 Å². The summed E-state index contributed by atoms with van der Waals surface area (Å²) in [5, 5.41) is 3.11. The Morgan fingerprint density at radius 2 is 1.63 bits per heavy atom. The number of hydrogen-bond acceptors (Lipinski definition) is 3. The highest BCUT2D eigenvalue weighted by atomic mass is 32.2. The number of nitrogens with one attached hydrogen (secondary N) is 1. The van der Waals surface area contributed by atoms with E-state index in [1.54, 1.807) is 12.3 Å². The number of anilines is 1. The van der Waals surface area contributed by atoms with Gasteiger partial charge in [0.15, 0.2) is 0 Å². The second-order valence-corrected chi connectivity index (χ2v) is 4.92.